The third-order valence-electron chi connectivity index (χ3n) is 7.96. The number of ether oxygens (including phenoxy) is 1. The van der Waals surface area contributed by atoms with Gasteiger partial charge in [0.15, 0.2) is 0 Å². The summed E-state index contributed by atoms with van der Waals surface area (Å²) in [7, 11) is 3.82. The van der Waals surface area contributed by atoms with E-state index in [1.165, 1.54) is 11.8 Å². The summed E-state index contributed by atoms with van der Waals surface area (Å²) in [4.78, 5) is 26.4. The highest BCUT2D eigenvalue weighted by Gasteiger charge is 2.41. The van der Waals surface area contributed by atoms with Crippen LogP contribution in [-0.4, -0.2) is 70.4 Å². The average Bonchev–Trinajstić information content (AvgIpc) is 3.63. The van der Waals surface area contributed by atoms with Crippen molar-refractivity contribution in [2.24, 2.45) is 5.92 Å². The number of nitrogens with zero attached hydrogens (tertiary/aromatic N) is 6. The van der Waals surface area contributed by atoms with Crippen LogP contribution in [0.25, 0.3) is 11.3 Å². The van der Waals surface area contributed by atoms with Crippen molar-refractivity contribution in [3.05, 3.63) is 48.9 Å². The molecule has 10 nitrogen and oxygen atoms in total. The zero-order chi connectivity index (χ0) is 26.2. The van der Waals surface area contributed by atoms with Crippen molar-refractivity contribution < 1.29 is 9.53 Å². The smallest absolute Gasteiger partial charge is 0.247 e. The van der Waals surface area contributed by atoms with E-state index >= 15 is 0 Å². The van der Waals surface area contributed by atoms with Crippen molar-refractivity contribution in [3.8, 4) is 17.0 Å². The van der Waals surface area contributed by atoms with Crippen molar-refractivity contribution >= 4 is 28.9 Å². The monoisotopic (exact) mass is 514 g/mol. The molecule has 2 aromatic heterocycles. The first-order valence-electron chi connectivity index (χ1n) is 13.3. The van der Waals surface area contributed by atoms with E-state index < -0.39 is 0 Å². The molecule has 198 valence electrons. The van der Waals surface area contributed by atoms with Gasteiger partial charge in [0.25, 0.3) is 0 Å². The molecule has 0 spiro atoms. The Bertz CT molecular complexity index is 1370. The third kappa shape index (κ3) is 4.49. The van der Waals surface area contributed by atoms with Crippen molar-refractivity contribution in [1.29, 1.82) is 0 Å². The minimum atomic E-state index is -0.258. The number of hydrogen-bond donors (Lipinski definition) is 2. The van der Waals surface area contributed by atoms with Gasteiger partial charge < -0.3 is 25.2 Å². The maximum absolute atomic E-state index is 12.4. The summed E-state index contributed by atoms with van der Waals surface area (Å²) in [6.07, 6.45) is 9.38. The second kappa shape index (κ2) is 10.1. The molecule has 38 heavy (non-hydrogen) atoms. The SMILES string of the molecule is C=CC(=O)Nc1cc(Nc2nccc(-c3cnn4c3CCCC4)n2)c(OC)cc1N1CC[C@@H]2CN(C)C[C@@H]21. The largest absolute Gasteiger partial charge is 0.494 e. The number of carbonyl (C=O) groups is 1. The lowest BCUT2D eigenvalue weighted by atomic mass is 10.0. The number of likely N-dealkylation sites (N-methyl/N-ethyl adjacent to an activating group) is 1. The molecule has 2 saturated heterocycles. The van der Waals surface area contributed by atoms with E-state index in [1.807, 2.05) is 24.4 Å². The molecule has 0 unspecified atom stereocenters. The van der Waals surface area contributed by atoms with Gasteiger partial charge in [-0.05, 0) is 56.9 Å². The molecule has 0 aliphatic carbocycles. The third-order valence-corrected chi connectivity index (χ3v) is 7.96. The minimum Gasteiger partial charge on any atom is -0.494 e. The first-order chi connectivity index (χ1) is 18.5. The molecule has 1 aromatic carbocycles. The van der Waals surface area contributed by atoms with Gasteiger partial charge in [-0.1, -0.05) is 6.58 Å². The van der Waals surface area contributed by atoms with Crippen molar-refractivity contribution in [1.82, 2.24) is 24.6 Å². The Hall–Kier alpha value is -3.92. The number of carbonyl (C=O) groups excluding carboxylic acids is 1. The Balaban J connectivity index is 1.34. The number of amides is 1. The Morgan fingerprint density at radius 1 is 1.21 bits per heavy atom. The highest BCUT2D eigenvalue weighted by molar-refractivity contribution is 6.02. The van der Waals surface area contributed by atoms with Crippen LogP contribution in [0.2, 0.25) is 0 Å². The highest BCUT2D eigenvalue weighted by atomic mass is 16.5. The van der Waals surface area contributed by atoms with Crippen LogP contribution in [0.5, 0.6) is 5.75 Å². The van der Waals surface area contributed by atoms with Crippen LogP contribution in [-0.2, 0) is 17.8 Å². The van der Waals surface area contributed by atoms with Crippen LogP contribution in [0.1, 0.15) is 25.0 Å². The Labute approximate surface area is 222 Å². The second-order valence-electron chi connectivity index (χ2n) is 10.4. The lowest BCUT2D eigenvalue weighted by molar-refractivity contribution is -0.111. The van der Waals surface area contributed by atoms with Crippen molar-refractivity contribution in [3.63, 3.8) is 0 Å². The number of benzene rings is 1. The van der Waals surface area contributed by atoms with Crippen molar-refractivity contribution in [2.45, 2.75) is 38.3 Å². The zero-order valence-electron chi connectivity index (χ0n) is 22.0. The standard InChI is InChI=1S/C28H34N8O2/c1-4-27(37)31-21-13-22(26(38-3)14-24(21)35-12-9-18-16-34(2)17-25(18)35)33-28-29-10-8-20(32-28)19-15-30-36-11-6-5-7-23(19)36/h4,8,10,13-15,18,25H,1,5-7,9,11-12,16-17H2,2-3H3,(H,31,37)(H,29,32,33)/t18-,25+/m1/s1. The molecular formula is C28H34N8O2. The topological polar surface area (TPSA) is 100 Å². The molecule has 0 saturated carbocycles. The van der Waals surface area contributed by atoms with Gasteiger partial charge in [0.1, 0.15) is 5.75 Å². The number of anilines is 4. The number of hydrogen-bond acceptors (Lipinski definition) is 8. The molecule has 3 aliphatic heterocycles. The van der Waals surface area contributed by atoms with Crippen LogP contribution >= 0.6 is 0 Å². The molecule has 2 atom stereocenters. The molecule has 2 fully saturated rings. The molecular weight excluding hydrogens is 480 g/mol. The quantitative estimate of drug-likeness (QED) is 0.461. The summed E-state index contributed by atoms with van der Waals surface area (Å²) >= 11 is 0. The second-order valence-corrected chi connectivity index (χ2v) is 10.4. The molecule has 0 bridgehead atoms. The van der Waals surface area contributed by atoms with Crippen LogP contribution < -0.4 is 20.3 Å². The van der Waals surface area contributed by atoms with Crippen molar-refractivity contribution in [2.75, 3.05) is 49.3 Å². The average molecular weight is 515 g/mol. The molecule has 1 amide bonds. The summed E-state index contributed by atoms with van der Waals surface area (Å²) in [6, 6.07) is 6.22. The van der Waals surface area contributed by atoms with E-state index in [0.29, 0.717) is 35.0 Å². The van der Waals surface area contributed by atoms with E-state index in [-0.39, 0.29) is 5.91 Å². The van der Waals surface area contributed by atoms with Gasteiger partial charge in [0.05, 0.1) is 36.1 Å². The normalized spacial score (nSPS) is 20.6. The number of nitrogens with one attached hydrogen (secondary N) is 2. The number of aryl methyl sites for hydroxylation is 1. The number of methoxy groups -OCH3 is 1. The van der Waals surface area contributed by atoms with Gasteiger partial charge >= 0.3 is 0 Å². The Morgan fingerprint density at radius 2 is 2.11 bits per heavy atom. The van der Waals surface area contributed by atoms with Crippen LogP contribution in [0.15, 0.2) is 43.2 Å². The molecule has 5 heterocycles. The predicted octanol–water partition coefficient (Wildman–Crippen LogP) is 3.69. The lowest BCUT2D eigenvalue weighted by Gasteiger charge is -2.29. The maximum Gasteiger partial charge on any atom is 0.247 e. The molecule has 10 heteroatoms. The fourth-order valence-corrected chi connectivity index (χ4v) is 6.15. The van der Waals surface area contributed by atoms with E-state index in [0.717, 1.165) is 68.8 Å². The molecule has 2 N–H and O–H groups in total. The summed E-state index contributed by atoms with van der Waals surface area (Å²) in [5.74, 6) is 1.47. The maximum atomic E-state index is 12.4. The Kier molecular flexibility index (Phi) is 6.49. The zero-order valence-corrected chi connectivity index (χ0v) is 22.0. The van der Waals surface area contributed by atoms with Gasteiger partial charge in [0, 0.05) is 55.7 Å². The first kappa shape index (κ1) is 24.4. The van der Waals surface area contributed by atoms with Gasteiger partial charge in [0.2, 0.25) is 11.9 Å². The fraction of sp³-hybridized carbons (Fsp3) is 0.429. The number of fused-ring (bicyclic) bond motifs is 2. The summed E-state index contributed by atoms with van der Waals surface area (Å²) in [5, 5.41) is 10.9. The Morgan fingerprint density at radius 3 is 2.95 bits per heavy atom. The van der Waals surface area contributed by atoms with Gasteiger partial charge in [-0.3, -0.25) is 9.48 Å². The van der Waals surface area contributed by atoms with Gasteiger partial charge in [-0.15, -0.1) is 0 Å². The van der Waals surface area contributed by atoms with Crippen LogP contribution in [0, 0.1) is 5.92 Å². The minimum absolute atomic E-state index is 0.258. The van der Waals surface area contributed by atoms with E-state index in [4.69, 9.17) is 9.72 Å². The van der Waals surface area contributed by atoms with Crippen LogP contribution in [0.3, 0.4) is 0 Å². The van der Waals surface area contributed by atoms with E-state index in [9.17, 15) is 4.79 Å². The highest BCUT2D eigenvalue weighted by Crippen LogP contribution is 2.43. The number of likely N-dealkylation sites (tertiary alicyclic amines) is 1. The molecule has 3 aromatic rings. The summed E-state index contributed by atoms with van der Waals surface area (Å²) < 4.78 is 7.89. The molecule has 0 radical (unpaired) electrons. The lowest BCUT2D eigenvalue weighted by Crippen LogP contribution is -2.35. The molecule has 6 rings (SSSR count). The van der Waals surface area contributed by atoms with E-state index in [1.54, 1.807) is 13.3 Å². The predicted molar refractivity (Wildman–Crippen MR) is 148 cm³/mol. The first-order valence-corrected chi connectivity index (χ1v) is 13.3. The summed E-state index contributed by atoms with van der Waals surface area (Å²) in [5.41, 5.74) is 5.42. The van der Waals surface area contributed by atoms with Gasteiger partial charge in [-0.2, -0.15) is 5.10 Å². The van der Waals surface area contributed by atoms with Crippen LogP contribution in [0.4, 0.5) is 23.0 Å². The fourth-order valence-electron chi connectivity index (χ4n) is 6.15. The van der Waals surface area contributed by atoms with E-state index in [2.05, 4.69) is 48.8 Å². The molecule has 3 aliphatic rings. The number of aromatic nitrogens is 4. The number of rotatable bonds is 7. The summed E-state index contributed by atoms with van der Waals surface area (Å²) in [6.45, 7) is 7.62. The van der Waals surface area contributed by atoms with Gasteiger partial charge in [-0.25, -0.2) is 9.97 Å².